The molecule has 0 radical (unpaired) electrons. The molecule has 1 fully saturated rings. The summed E-state index contributed by atoms with van der Waals surface area (Å²) in [6, 6.07) is 5.49. The van der Waals surface area contributed by atoms with E-state index in [0.29, 0.717) is 19.4 Å². The first-order chi connectivity index (χ1) is 12.4. The Labute approximate surface area is 147 Å². The van der Waals surface area contributed by atoms with Crippen LogP contribution in [0.2, 0.25) is 0 Å². The maximum absolute atomic E-state index is 13.8. The Hall–Kier alpha value is -2.70. The van der Waals surface area contributed by atoms with Gasteiger partial charge in [0.1, 0.15) is 11.6 Å². The van der Waals surface area contributed by atoms with Crippen molar-refractivity contribution in [3.8, 4) is 0 Å². The van der Waals surface area contributed by atoms with Crippen molar-refractivity contribution in [2.75, 3.05) is 13.1 Å². The van der Waals surface area contributed by atoms with Crippen LogP contribution < -0.4 is 0 Å². The van der Waals surface area contributed by atoms with Crippen LogP contribution in [0.3, 0.4) is 0 Å². The number of nitrogens with zero attached hydrogens (tertiary/aromatic N) is 1. The summed E-state index contributed by atoms with van der Waals surface area (Å²) < 4.78 is 53.5. The first-order valence-corrected chi connectivity index (χ1v) is 8.10. The van der Waals surface area contributed by atoms with Crippen LogP contribution in [0.15, 0.2) is 36.4 Å². The Bertz CT molecular complexity index is 869. The van der Waals surface area contributed by atoms with E-state index in [1.807, 2.05) is 0 Å². The first kappa shape index (κ1) is 18.1. The normalized spacial score (nSPS) is 17.2. The number of likely N-dealkylation sites (tertiary alicyclic amines) is 1. The van der Waals surface area contributed by atoms with Gasteiger partial charge < -0.3 is 4.90 Å². The van der Waals surface area contributed by atoms with Crippen molar-refractivity contribution in [1.29, 1.82) is 0 Å². The molecule has 1 amide bonds. The molecule has 1 unspecified atom stereocenters. The predicted molar refractivity (Wildman–Crippen MR) is 85.7 cm³/mol. The molecule has 2 aromatic carbocycles. The van der Waals surface area contributed by atoms with Gasteiger partial charge in [0, 0.05) is 24.6 Å². The van der Waals surface area contributed by atoms with Gasteiger partial charge in [0.05, 0.1) is 5.56 Å². The van der Waals surface area contributed by atoms with Crippen LogP contribution in [0, 0.1) is 29.2 Å². The number of Topliss-reactive ketones (excluding diaryl/α,β-unsaturated/α-hetero) is 1. The third-order valence-corrected chi connectivity index (χ3v) is 4.44. The zero-order valence-electron chi connectivity index (χ0n) is 13.6. The third kappa shape index (κ3) is 3.61. The van der Waals surface area contributed by atoms with Crippen molar-refractivity contribution < 1.29 is 27.2 Å². The molecule has 0 saturated carbocycles. The van der Waals surface area contributed by atoms with Gasteiger partial charge in [-0.25, -0.2) is 17.6 Å². The topological polar surface area (TPSA) is 37.4 Å². The predicted octanol–water partition coefficient (Wildman–Crippen LogP) is 3.98. The Morgan fingerprint density at radius 1 is 0.923 bits per heavy atom. The van der Waals surface area contributed by atoms with Crippen LogP contribution in [-0.2, 0) is 0 Å². The molecule has 1 heterocycles. The maximum atomic E-state index is 13.8. The standard InChI is InChI=1S/C19H15F4NO2/c20-13-4-6-15(21)14(9-13)19(26)24-7-1-2-12(10-24)18(25)11-3-5-16(22)17(23)8-11/h3-6,8-9,12H,1-2,7,10H2. The van der Waals surface area contributed by atoms with Crippen LogP contribution in [0.25, 0.3) is 0 Å². The van der Waals surface area contributed by atoms with E-state index in [4.69, 9.17) is 0 Å². The highest BCUT2D eigenvalue weighted by atomic mass is 19.2. The Morgan fingerprint density at radius 3 is 2.38 bits per heavy atom. The molecular formula is C19H15F4NO2. The average Bonchev–Trinajstić information content (AvgIpc) is 2.65. The van der Waals surface area contributed by atoms with Gasteiger partial charge >= 0.3 is 0 Å². The van der Waals surface area contributed by atoms with Gasteiger partial charge in [0.25, 0.3) is 5.91 Å². The third-order valence-electron chi connectivity index (χ3n) is 4.44. The zero-order valence-corrected chi connectivity index (χ0v) is 13.6. The molecular weight excluding hydrogens is 350 g/mol. The quantitative estimate of drug-likeness (QED) is 0.610. The fourth-order valence-electron chi connectivity index (χ4n) is 3.09. The van der Waals surface area contributed by atoms with Gasteiger partial charge in [-0.15, -0.1) is 0 Å². The Kier molecular flexibility index (Phi) is 5.06. The number of rotatable bonds is 3. The van der Waals surface area contributed by atoms with E-state index >= 15 is 0 Å². The van der Waals surface area contributed by atoms with Crippen molar-refractivity contribution in [1.82, 2.24) is 4.90 Å². The summed E-state index contributed by atoms with van der Waals surface area (Å²) in [4.78, 5) is 26.3. The molecule has 0 bridgehead atoms. The van der Waals surface area contributed by atoms with Crippen molar-refractivity contribution in [2.24, 2.45) is 5.92 Å². The summed E-state index contributed by atoms with van der Waals surface area (Å²) in [7, 11) is 0. The fraction of sp³-hybridized carbons (Fsp3) is 0.263. The van der Waals surface area contributed by atoms with Gasteiger partial charge in [-0.2, -0.15) is 0 Å². The van der Waals surface area contributed by atoms with Crippen LogP contribution in [0.5, 0.6) is 0 Å². The highest BCUT2D eigenvalue weighted by Gasteiger charge is 2.31. The minimum atomic E-state index is -1.12. The highest BCUT2D eigenvalue weighted by Crippen LogP contribution is 2.24. The lowest BCUT2D eigenvalue weighted by Crippen LogP contribution is -2.42. The summed E-state index contributed by atoms with van der Waals surface area (Å²) in [6.45, 7) is 0.308. The van der Waals surface area contributed by atoms with E-state index < -0.39 is 46.4 Å². The lowest BCUT2D eigenvalue weighted by atomic mass is 9.89. The summed E-state index contributed by atoms with van der Waals surface area (Å²) >= 11 is 0. The van der Waals surface area contributed by atoms with Crippen LogP contribution in [0.1, 0.15) is 33.6 Å². The average molecular weight is 365 g/mol. The second kappa shape index (κ2) is 7.27. The minimum Gasteiger partial charge on any atom is -0.338 e. The van der Waals surface area contributed by atoms with Gasteiger partial charge in [-0.3, -0.25) is 9.59 Å². The second-order valence-electron chi connectivity index (χ2n) is 6.21. The number of carbonyl (C=O) groups excluding carboxylic acids is 2. The molecule has 26 heavy (non-hydrogen) atoms. The molecule has 136 valence electrons. The largest absolute Gasteiger partial charge is 0.338 e. The number of halogens is 4. The lowest BCUT2D eigenvalue weighted by molar-refractivity contribution is 0.0632. The number of ketones is 1. The number of amides is 1. The molecule has 1 atom stereocenters. The molecule has 0 aliphatic carbocycles. The first-order valence-electron chi connectivity index (χ1n) is 8.10. The maximum Gasteiger partial charge on any atom is 0.256 e. The van der Waals surface area contributed by atoms with Crippen LogP contribution >= 0.6 is 0 Å². The number of piperidine rings is 1. The Balaban J connectivity index is 1.78. The second-order valence-corrected chi connectivity index (χ2v) is 6.21. The van der Waals surface area contributed by atoms with Crippen LogP contribution in [-0.4, -0.2) is 29.7 Å². The molecule has 3 nitrogen and oxygen atoms in total. The van der Waals surface area contributed by atoms with Gasteiger partial charge in [-0.05, 0) is 49.2 Å². The minimum absolute atomic E-state index is 0.00656. The van der Waals surface area contributed by atoms with E-state index in [0.717, 1.165) is 30.3 Å². The van der Waals surface area contributed by atoms with Crippen molar-refractivity contribution in [3.63, 3.8) is 0 Å². The Morgan fingerprint density at radius 2 is 1.65 bits per heavy atom. The monoisotopic (exact) mass is 365 g/mol. The van der Waals surface area contributed by atoms with Crippen molar-refractivity contribution in [3.05, 3.63) is 70.8 Å². The van der Waals surface area contributed by atoms with Gasteiger partial charge in [0.2, 0.25) is 0 Å². The zero-order chi connectivity index (χ0) is 18.8. The van der Waals surface area contributed by atoms with Gasteiger partial charge in [-0.1, -0.05) is 0 Å². The van der Waals surface area contributed by atoms with E-state index in [1.165, 1.54) is 11.0 Å². The molecule has 0 aromatic heterocycles. The SMILES string of the molecule is O=C(c1ccc(F)c(F)c1)C1CCCN(C(=O)c2cc(F)ccc2F)C1. The van der Waals surface area contributed by atoms with E-state index in [9.17, 15) is 27.2 Å². The summed E-state index contributed by atoms with van der Waals surface area (Å²) in [6.07, 6.45) is 0.954. The molecule has 0 N–H and O–H groups in total. The smallest absolute Gasteiger partial charge is 0.256 e. The lowest BCUT2D eigenvalue weighted by Gasteiger charge is -2.32. The summed E-state index contributed by atoms with van der Waals surface area (Å²) in [5, 5.41) is 0. The molecule has 3 rings (SSSR count). The fourth-order valence-corrected chi connectivity index (χ4v) is 3.09. The number of benzene rings is 2. The number of hydrogen-bond donors (Lipinski definition) is 0. The van der Waals surface area contributed by atoms with E-state index in [2.05, 4.69) is 0 Å². The molecule has 7 heteroatoms. The summed E-state index contributed by atoms with van der Waals surface area (Å²) in [5.74, 6) is -5.49. The van der Waals surface area contributed by atoms with Crippen molar-refractivity contribution >= 4 is 11.7 Å². The summed E-state index contributed by atoms with van der Waals surface area (Å²) in [5.41, 5.74) is -0.383. The molecule has 1 aliphatic rings. The van der Waals surface area contributed by atoms with E-state index in [-0.39, 0.29) is 12.1 Å². The highest BCUT2D eigenvalue weighted by molar-refractivity contribution is 5.99. The van der Waals surface area contributed by atoms with Crippen molar-refractivity contribution in [2.45, 2.75) is 12.8 Å². The number of hydrogen-bond acceptors (Lipinski definition) is 2. The number of carbonyl (C=O) groups is 2. The van der Waals surface area contributed by atoms with E-state index in [1.54, 1.807) is 0 Å². The van der Waals surface area contributed by atoms with Crippen LogP contribution in [0.4, 0.5) is 17.6 Å². The molecule has 0 spiro atoms. The molecule has 2 aromatic rings. The van der Waals surface area contributed by atoms with Gasteiger partial charge in [0.15, 0.2) is 17.4 Å². The molecule has 1 saturated heterocycles. The molecule has 1 aliphatic heterocycles.